The molecule has 0 saturated heterocycles. The molecule has 0 fully saturated rings. The van der Waals surface area contributed by atoms with E-state index in [1.54, 1.807) is 19.2 Å². The van der Waals surface area contributed by atoms with Crippen molar-refractivity contribution in [3.8, 4) is 11.1 Å². The van der Waals surface area contributed by atoms with Gasteiger partial charge in [0.05, 0.1) is 18.4 Å². The van der Waals surface area contributed by atoms with Crippen LogP contribution in [0.2, 0.25) is 0 Å². The second-order valence-electron chi connectivity index (χ2n) is 7.06. The van der Waals surface area contributed by atoms with Gasteiger partial charge < -0.3 is 9.72 Å². The third kappa shape index (κ3) is 5.40. The molecule has 0 radical (unpaired) electrons. The summed E-state index contributed by atoms with van der Waals surface area (Å²) >= 11 is 0. The molecular formula is C23H25N3O4S. The van der Waals surface area contributed by atoms with E-state index < -0.39 is 10.0 Å². The van der Waals surface area contributed by atoms with Crippen LogP contribution in [0.5, 0.6) is 0 Å². The number of aromatic amines is 1. The molecule has 0 atom stereocenters. The zero-order chi connectivity index (χ0) is 22.6. The highest BCUT2D eigenvalue weighted by Gasteiger charge is 2.15. The number of benzene rings is 2. The van der Waals surface area contributed by atoms with Crippen molar-refractivity contribution >= 4 is 43.5 Å². The number of carbonyl (C=O) groups is 1. The molecule has 7 nitrogen and oxygen atoms in total. The molecule has 4 aromatic rings. The van der Waals surface area contributed by atoms with Crippen LogP contribution >= 0.6 is 0 Å². The SMILES string of the molecule is CCOC(C)=O.Cc1[nH]c2ccc(NS(C)(=O)=O)cc2c1-c1cccc2cccnc12. The number of para-hydroxylation sites is 1. The van der Waals surface area contributed by atoms with Gasteiger partial charge in [-0.1, -0.05) is 24.3 Å². The molecule has 4 rings (SSSR count). The van der Waals surface area contributed by atoms with Crippen molar-refractivity contribution in [3.63, 3.8) is 0 Å². The van der Waals surface area contributed by atoms with Gasteiger partial charge in [0.1, 0.15) is 0 Å². The summed E-state index contributed by atoms with van der Waals surface area (Å²) in [5, 5.41) is 2.03. The first-order valence-corrected chi connectivity index (χ1v) is 11.7. The van der Waals surface area contributed by atoms with Crippen molar-refractivity contribution in [3.05, 3.63) is 60.4 Å². The van der Waals surface area contributed by atoms with E-state index in [0.717, 1.165) is 44.9 Å². The average Bonchev–Trinajstić information content (AvgIpc) is 3.01. The fourth-order valence-corrected chi connectivity index (χ4v) is 4.02. The van der Waals surface area contributed by atoms with E-state index in [9.17, 15) is 13.2 Å². The van der Waals surface area contributed by atoms with Crippen LogP contribution in [-0.4, -0.2) is 37.2 Å². The number of hydrogen-bond acceptors (Lipinski definition) is 5. The van der Waals surface area contributed by atoms with Crippen molar-refractivity contribution < 1.29 is 17.9 Å². The largest absolute Gasteiger partial charge is 0.466 e. The van der Waals surface area contributed by atoms with E-state index in [0.29, 0.717) is 12.3 Å². The van der Waals surface area contributed by atoms with E-state index in [2.05, 4.69) is 19.4 Å². The molecule has 31 heavy (non-hydrogen) atoms. The number of fused-ring (bicyclic) bond motifs is 2. The van der Waals surface area contributed by atoms with Crippen LogP contribution in [0.1, 0.15) is 19.5 Å². The van der Waals surface area contributed by atoms with Crippen LogP contribution in [0.15, 0.2) is 54.7 Å². The molecule has 0 unspecified atom stereocenters. The van der Waals surface area contributed by atoms with Gasteiger partial charge >= 0.3 is 5.97 Å². The zero-order valence-electron chi connectivity index (χ0n) is 17.9. The average molecular weight is 440 g/mol. The van der Waals surface area contributed by atoms with E-state index in [1.807, 2.05) is 49.4 Å². The van der Waals surface area contributed by atoms with Gasteiger partial charge in [-0.25, -0.2) is 8.42 Å². The molecule has 2 heterocycles. The molecule has 0 aliphatic heterocycles. The maximum atomic E-state index is 11.5. The highest BCUT2D eigenvalue weighted by Crippen LogP contribution is 2.36. The summed E-state index contributed by atoms with van der Waals surface area (Å²) < 4.78 is 30.0. The topological polar surface area (TPSA) is 101 Å². The maximum absolute atomic E-state index is 11.5. The number of ether oxygens (including phenoxy) is 1. The van der Waals surface area contributed by atoms with Crippen molar-refractivity contribution in [1.82, 2.24) is 9.97 Å². The van der Waals surface area contributed by atoms with Gasteiger partial charge in [-0.05, 0) is 38.1 Å². The van der Waals surface area contributed by atoms with Gasteiger partial charge in [0.25, 0.3) is 0 Å². The fourth-order valence-electron chi connectivity index (χ4n) is 3.46. The van der Waals surface area contributed by atoms with Crippen LogP contribution < -0.4 is 4.72 Å². The second-order valence-corrected chi connectivity index (χ2v) is 8.81. The molecule has 0 spiro atoms. The number of hydrogen-bond donors (Lipinski definition) is 2. The van der Waals surface area contributed by atoms with Gasteiger partial charge in [-0.2, -0.15) is 0 Å². The number of pyridine rings is 1. The van der Waals surface area contributed by atoms with Gasteiger partial charge in [-0.15, -0.1) is 0 Å². The molecular weight excluding hydrogens is 414 g/mol. The third-order valence-electron chi connectivity index (χ3n) is 4.54. The van der Waals surface area contributed by atoms with E-state index in [4.69, 9.17) is 0 Å². The summed E-state index contributed by atoms with van der Waals surface area (Å²) in [6, 6.07) is 15.5. The summed E-state index contributed by atoms with van der Waals surface area (Å²) in [7, 11) is -3.32. The minimum absolute atomic E-state index is 0.211. The number of H-pyrrole nitrogens is 1. The number of rotatable bonds is 4. The number of esters is 1. The number of aromatic nitrogens is 2. The number of nitrogens with zero attached hydrogens (tertiary/aromatic N) is 1. The standard InChI is InChI=1S/C19H17N3O2S.C4H8O2/c1-12-18(15-7-3-5-13-6-4-10-20-19(13)15)16-11-14(22-25(2,23)24)8-9-17(16)21-12;1-3-6-4(2)5/h3-11,21-22H,1-2H3;3H2,1-2H3. The van der Waals surface area contributed by atoms with Crippen LogP contribution in [-0.2, 0) is 19.6 Å². The molecule has 2 aromatic heterocycles. The monoisotopic (exact) mass is 439 g/mol. The number of carbonyl (C=O) groups excluding carboxylic acids is 1. The highest BCUT2D eigenvalue weighted by atomic mass is 32.2. The zero-order valence-corrected chi connectivity index (χ0v) is 18.7. The van der Waals surface area contributed by atoms with Crippen molar-refractivity contribution in [2.24, 2.45) is 0 Å². The Morgan fingerprint density at radius 2 is 1.90 bits per heavy atom. The van der Waals surface area contributed by atoms with Crippen molar-refractivity contribution in [2.75, 3.05) is 17.6 Å². The van der Waals surface area contributed by atoms with Crippen LogP contribution in [0.4, 0.5) is 5.69 Å². The summed E-state index contributed by atoms with van der Waals surface area (Å²) in [6.45, 7) is 5.67. The Bertz CT molecular complexity index is 1340. The summed E-state index contributed by atoms with van der Waals surface area (Å²) in [5.41, 5.74) is 5.51. The minimum atomic E-state index is -3.32. The molecule has 162 valence electrons. The van der Waals surface area contributed by atoms with Crippen molar-refractivity contribution in [2.45, 2.75) is 20.8 Å². The summed E-state index contributed by atoms with van der Waals surface area (Å²) in [6.07, 6.45) is 2.93. The Labute approximate surface area is 181 Å². The van der Waals surface area contributed by atoms with Crippen molar-refractivity contribution in [1.29, 1.82) is 0 Å². The molecule has 2 N–H and O–H groups in total. The van der Waals surface area contributed by atoms with Gasteiger partial charge in [0.2, 0.25) is 10.0 Å². The van der Waals surface area contributed by atoms with E-state index in [-0.39, 0.29) is 5.97 Å². The third-order valence-corrected chi connectivity index (χ3v) is 5.15. The molecule has 0 saturated carbocycles. The summed E-state index contributed by atoms with van der Waals surface area (Å²) in [4.78, 5) is 17.7. The first-order valence-electron chi connectivity index (χ1n) is 9.77. The van der Waals surface area contributed by atoms with Gasteiger partial charge in [-0.3, -0.25) is 14.5 Å². The number of sulfonamides is 1. The molecule has 0 aliphatic rings. The Hall–Kier alpha value is -3.39. The van der Waals surface area contributed by atoms with Gasteiger partial charge in [0, 0.05) is 51.9 Å². The Morgan fingerprint density at radius 1 is 1.16 bits per heavy atom. The Kier molecular flexibility index (Phi) is 6.60. The lowest BCUT2D eigenvalue weighted by molar-refractivity contribution is -0.140. The molecule has 0 amide bonds. The quantitative estimate of drug-likeness (QED) is 0.451. The first-order chi connectivity index (χ1) is 14.7. The maximum Gasteiger partial charge on any atom is 0.302 e. The number of nitrogens with one attached hydrogen (secondary N) is 2. The molecule has 2 aromatic carbocycles. The second kappa shape index (κ2) is 9.18. The minimum Gasteiger partial charge on any atom is -0.466 e. The smallest absolute Gasteiger partial charge is 0.302 e. The molecule has 0 bridgehead atoms. The number of anilines is 1. The predicted octanol–water partition coefficient (Wildman–Crippen LogP) is 4.63. The fraction of sp³-hybridized carbons (Fsp3) is 0.217. The van der Waals surface area contributed by atoms with E-state index in [1.165, 1.54) is 6.92 Å². The number of aryl methyl sites for hydroxylation is 1. The van der Waals surface area contributed by atoms with Crippen LogP contribution in [0.25, 0.3) is 32.9 Å². The lowest BCUT2D eigenvalue weighted by atomic mass is 9.99. The van der Waals surface area contributed by atoms with E-state index >= 15 is 0 Å². The normalized spacial score (nSPS) is 11.1. The predicted molar refractivity (Wildman–Crippen MR) is 125 cm³/mol. The van der Waals surface area contributed by atoms with Crippen LogP contribution in [0, 0.1) is 6.92 Å². The summed E-state index contributed by atoms with van der Waals surface area (Å²) in [5.74, 6) is -0.211. The van der Waals surface area contributed by atoms with Gasteiger partial charge in [0.15, 0.2) is 0 Å². The molecule has 0 aliphatic carbocycles. The highest BCUT2D eigenvalue weighted by molar-refractivity contribution is 7.92. The Morgan fingerprint density at radius 3 is 2.55 bits per heavy atom. The molecule has 8 heteroatoms. The first kappa shape index (κ1) is 22.3. The lowest BCUT2D eigenvalue weighted by Crippen LogP contribution is -2.09. The van der Waals surface area contributed by atoms with Crippen LogP contribution in [0.3, 0.4) is 0 Å². The Balaban J connectivity index is 0.000000401. The lowest BCUT2D eigenvalue weighted by Gasteiger charge is -2.08.